The van der Waals surface area contributed by atoms with Gasteiger partial charge in [0.25, 0.3) is 5.91 Å². The maximum absolute atomic E-state index is 11.9. The Balaban J connectivity index is 2.07. The minimum absolute atomic E-state index is 0.00481. The second-order valence-corrected chi connectivity index (χ2v) is 5.03. The Bertz CT molecular complexity index is 366. The molecule has 2 rings (SSSR count). The van der Waals surface area contributed by atoms with E-state index in [-0.39, 0.29) is 11.3 Å². The number of nitrogens with zero attached hydrogens (tertiary/aromatic N) is 1. The number of rotatable bonds is 1. The van der Waals surface area contributed by atoms with Gasteiger partial charge in [0.15, 0.2) is 4.67 Å². The second-order valence-electron chi connectivity index (χ2n) is 3.63. The summed E-state index contributed by atoms with van der Waals surface area (Å²) in [4.78, 5) is 13.7. The number of furan rings is 1. The number of hydrogen-bond acceptors (Lipinski definition) is 2. The van der Waals surface area contributed by atoms with E-state index in [4.69, 9.17) is 16.0 Å². The predicted molar refractivity (Wildman–Crippen MR) is 61.2 cm³/mol. The molecule has 1 aromatic rings. The van der Waals surface area contributed by atoms with E-state index in [0.717, 1.165) is 19.4 Å². The predicted octanol–water partition coefficient (Wildman–Crippen LogP) is 2.89. The summed E-state index contributed by atoms with van der Waals surface area (Å²) in [6, 6.07) is 1.68. The van der Waals surface area contributed by atoms with Crippen molar-refractivity contribution in [3.05, 3.63) is 22.6 Å². The van der Waals surface area contributed by atoms with Crippen molar-refractivity contribution in [1.82, 2.24) is 4.90 Å². The average molecular weight is 293 g/mol. The number of carbonyl (C=O) groups excluding carboxylic acids is 1. The lowest BCUT2D eigenvalue weighted by atomic mass is 10.1. The largest absolute Gasteiger partial charge is 0.457 e. The lowest BCUT2D eigenvalue weighted by Gasteiger charge is -2.29. The van der Waals surface area contributed by atoms with Crippen molar-refractivity contribution < 1.29 is 9.21 Å². The third-order valence-electron chi connectivity index (χ3n) is 2.47. The Morgan fingerprint density at radius 2 is 2.47 bits per heavy atom. The molecule has 0 N–H and O–H groups in total. The number of likely N-dealkylation sites (tertiary alicyclic amines) is 1. The SMILES string of the molecule is O=C(c1coc(Br)c1)N1CCCC(Cl)C1. The van der Waals surface area contributed by atoms with Crippen molar-refractivity contribution in [2.24, 2.45) is 0 Å². The van der Waals surface area contributed by atoms with Crippen LogP contribution in [0.15, 0.2) is 21.4 Å². The van der Waals surface area contributed by atoms with Gasteiger partial charge in [-0.05, 0) is 28.8 Å². The van der Waals surface area contributed by atoms with Crippen LogP contribution >= 0.6 is 27.5 Å². The summed E-state index contributed by atoms with van der Waals surface area (Å²) in [6.07, 6.45) is 3.42. The van der Waals surface area contributed by atoms with Gasteiger partial charge >= 0.3 is 0 Å². The first-order valence-corrected chi connectivity index (χ1v) is 6.07. The Morgan fingerprint density at radius 3 is 3.07 bits per heavy atom. The number of hydrogen-bond donors (Lipinski definition) is 0. The van der Waals surface area contributed by atoms with E-state index in [0.29, 0.717) is 16.8 Å². The van der Waals surface area contributed by atoms with Gasteiger partial charge in [-0.1, -0.05) is 0 Å². The average Bonchev–Trinajstić information content (AvgIpc) is 2.64. The molecule has 1 aliphatic heterocycles. The van der Waals surface area contributed by atoms with Crippen LogP contribution in [-0.4, -0.2) is 29.3 Å². The molecule has 1 saturated heterocycles. The standard InChI is InChI=1S/C10H11BrClNO2/c11-9-4-7(6-15-9)10(14)13-3-1-2-8(12)5-13/h4,6,8H,1-3,5H2. The van der Waals surface area contributed by atoms with Gasteiger partial charge in [-0.3, -0.25) is 4.79 Å². The van der Waals surface area contributed by atoms with Gasteiger partial charge in [0.05, 0.1) is 10.9 Å². The molecule has 3 nitrogen and oxygen atoms in total. The van der Waals surface area contributed by atoms with Gasteiger partial charge in [-0.25, -0.2) is 0 Å². The third-order valence-corrected chi connectivity index (χ3v) is 3.24. The summed E-state index contributed by atoms with van der Waals surface area (Å²) in [6.45, 7) is 1.41. The molecule has 82 valence electrons. The van der Waals surface area contributed by atoms with Crippen LogP contribution in [0.2, 0.25) is 0 Å². The maximum Gasteiger partial charge on any atom is 0.257 e. The van der Waals surface area contributed by atoms with Gasteiger partial charge in [0.1, 0.15) is 6.26 Å². The van der Waals surface area contributed by atoms with Crippen molar-refractivity contribution in [1.29, 1.82) is 0 Å². The third kappa shape index (κ3) is 2.55. The number of halogens is 2. The lowest BCUT2D eigenvalue weighted by Crippen LogP contribution is -2.40. The fraction of sp³-hybridized carbons (Fsp3) is 0.500. The summed E-state index contributed by atoms with van der Waals surface area (Å²) in [5.74, 6) is -0.00481. The second kappa shape index (κ2) is 4.58. The highest BCUT2D eigenvalue weighted by Gasteiger charge is 2.23. The van der Waals surface area contributed by atoms with Gasteiger partial charge in [-0.2, -0.15) is 0 Å². The molecule has 0 saturated carbocycles. The van der Waals surface area contributed by atoms with E-state index in [2.05, 4.69) is 15.9 Å². The normalized spacial score (nSPS) is 21.7. The quantitative estimate of drug-likeness (QED) is 0.746. The molecule has 1 amide bonds. The summed E-state index contributed by atoms with van der Waals surface area (Å²) < 4.78 is 5.61. The Morgan fingerprint density at radius 1 is 1.67 bits per heavy atom. The highest BCUT2D eigenvalue weighted by Crippen LogP contribution is 2.20. The van der Waals surface area contributed by atoms with Crippen LogP contribution in [0, 0.1) is 0 Å². The van der Waals surface area contributed by atoms with Crippen LogP contribution in [0.1, 0.15) is 23.2 Å². The Kier molecular flexibility index (Phi) is 3.36. The zero-order chi connectivity index (χ0) is 10.8. The fourth-order valence-corrected chi connectivity index (χ4v) is 2.38. The fourth-order valence-electron chi connectivity index (χ4n) is 1.71. The van der Waals surface area contributed by atoms with Crippen LogP contribution in [0.3, 0.4) is 0 Å². The molecule has 0 aromatic carbocycles. The summed E-state index contributed by atoms with van der Waals surface area (Å²) in [5, 5.41) is 0.0815. The molecule has 15 heavy (non-hydrogen) atoms. The lowest BCUT2D eigenvalue weighted by molar-refractivity contribution is 0.0726. The molecule has 0 aliphatic carbocycles. The van der Waals surface area contributed by atoms with E-state index in [1.165, 1.54) is 6.26 Å². The molecule has 0 radical (unpaired) electrons. The van der Waals surface area contributed by atoms with Gasteiger partial charge in [0, 0.05) is 19.2 Å². The zero-order valence-electron chi connectivity index (χ0n) is 8.08. The van der Waals surface area contributed by atoms with Crippen LogP contribution in [-0.2, 0) is 0 Å². The molecule has 0 bridgehead atoms. The first kappa shape index (κ1) is 11.0. The molecule has 1 aliphatic rings. The molecule has 5 heteroatoms. The highest BCUT2D eigenvalue weighted by molar-refractivity contribution is 9.10. The molecule has 1 unspecified atom stereocenters. The number of carbonyl (C=O) groups is 1. The van der Waals surface area contributed by atoms with Crippen LogP contribution in [0.4, 0.5) is 0 Å². The number of alkyl halides is 1. The van der Waals surface area contributed by atoms with E-state index in [9.17, 15) is 4.79 Å². The minimum Gasteiger partial charge on any atom is -0.457 e. The van der Waals surface area contributed by atoms with E-state index in [1.54, 1.807) is 11.0 Å². The topological polar surface area (TPSA) is 33.5 Å². The van der Waals surface area contributed by atoms with Crippen LogP contribution in [0.25, 0.3) is 0 Å². The summed E-state index contributed by atoms with van der Waals surface area (Å²) in [5.41, 5.74) is 0.577. The molecule has 1 fully saturated rings. The van der Waals surface area contributed by atoms with Crippen molar-refractivity contribution in [3.63, 3.8) is 0 Å². The first-order valence-electron chi connectivity index (χ1n) is 4.84. The molecule has 1 atom stereocenters. The highest BCUT2D eigenvalue weighted by atomic mass is 79.9. The van der Waals surface area contributed by atoms with Gasteiger partial charge in [0.2, 0.25) is 0 Å². The maximum atomic E-state index is 11.9. The molecular formula is C10H11BrClNO2. The monoisotopic (exact) mass is 291 g/mol. The smallest absolute Gasteiger partial charge is 0.257 e. The first-order chi connectivity index (χ1) is 7.16. The minimum atomic E-state index is -0.00481. The van der Waals surface area contributed by atoms with Gasteiger partial charge in [-0.15, -0.1) is 11.6 Å². The molecular weight excluding hydrogens is 281 g/mol. The number of piperidine rings is 1. The van der Waals surface area contributed by atoms with Crippen molar-refractivity contribution >= 4 is 33.4 Å². The summed E-state index contributed by atoms with van der Waals surface area (Å²) >= 11 is 9.19. The van der Waals surface area contributed by atoms with Crippen LogP contribution in [0.5, 0.6) is 0 Å². The molecule has 0 spiro atoms. The van der Waals surface area contributed by atoms with E-state index in [1.807, 2.05) is 0 Å². The zero-order valence-corrected chi connectivity index (χ0v) is 10.4. The Hall–Kier alpha value is -0.480. The van der Waals surface area contributed by atoms with Gasteiger partial charge < -0.3 is 9.32 Å². The van der Waals surface area contributed by atoms with Crippen molar-refractivity contribution in [2.75, 3.05) is 13.1 Å². The molecule has 1 aromatic heterocycles. The van der Waals surface area contributed by atoms with Crippen molar-refractivity contribution in [2.45, 2.75) is 18.2 Å². The Labute approximate surface area is 102 Å². The van der Waals surface area contributed by atoms with Crippen LogP contribution < -0.4 is 0 Å². The number of amides is 1. The van der Waals surface area contributed by atoms with Crippen molar-refractivity contribution in [3.8, 4) is 0 Å². The van der Waals surface area contributed by atoms with E-state index >= 15 is 0 Å². The molecule has 2 heterocycles. The summed E-state index contributed by atoms with van der Waals surface area (Å²) in [7, 11) is 0. The van der Waals surface area contributed by atoms with E-state index < -0.39 is 0 Å².